The molecular weight excluding hydrogens is 236 g/mol. The van der Waals surface area contributed by atoms with Gasteiger partial charge in [-0.15, -0.1) is 0 Å². The van der Waals surface area contributed by atoms with Gasteiger partial charge in [0.1, 0.15) is 0 Å². The van der Waals surface area contributed by atoms with Crippen molar-refractivity contribution in [3.8, 4) is 0 Å². The molecule has 2 N–H and O–H groups in total. The maximum atomic E-state index is 12.4. The summed E-state index contributed by atoms with van der Waals surface area (Å²) in [6.07, 6.45) is 1.76. The molecule has 94 valence electrons. The van der Waals surface area contributed by atoms with E-state index >= 15 is 0 Å². The molecule has 0 aliphatic carbocycles. The van der Waals surface area contributed by atoms with E-state index in [1.54, 1.807) is 22.5 Å². The molecule has 0 aromatic heterocycles. The highest BCUT2D eigenvalue weighted by Crippen LogP contribution is 2.25. The number of nitrogens with zero attached hydrogens (tertiary/aromatic N) is 1. The summed E-state index contributed by atoms with van der Waals surface area (Å²) in [5, 5.41) is 0. The molecule has 0 unspecified atom stereocenters. The zero-order valence-electron chi connectivity index (χ0n) is 9.96. The fraction of sp³-hybridized carbons (Fsp3) is 0.500. The molecule has 0 saturated carbocycles. The van der Waals surface area contributed by atoms with E-state index < -0.39 is 10.0 Å². The Morgan fingerprint density at radius 2 is 2.24 bits per heavy atom. The van der Waals surface area contributed by atoms with Crippen molar-refractivity contribution in [1.29, 1.82) is 0 Å². The van der Waals surface area contributed by atoms with Crippen LogP contribution in [-0.4, -0.2) is 31.9 Å². The highest BCUT2D eigenvalue weighted by molar-refractivity contribution is 7.89. The summed E-state index contributed by atoms with van der Waals surface area (Å²) < 4.78 is 26.4. The Hall–Kier alpha value is -0.910. The van der Waals surface area contributed by atoms with E-state index in [-0.39, 0.29) is 6.04 Å². The van der Waals surface area contributed by atoms with Crippen molar-refractivity contribution >= 4 is 10.0 Å². The maximum Gasteiger partial charge on any atom is 0.243 e. The van der Waals surface area contributed by atoms with Crippen LogP contribution in [0, 0.1) is 6.92 Å². The second-order valence-electron chi connectivity index (χ2n) is 4.46. The lowest BCUT2D eigenvalue weighted by atomic mass is 10.2. The quantitative estimate of drug-likeness (QED) is 0.878. The first kappa shape index (κ1) is 12.5. The number of hydrogen-bond acceptors (Lipinski definition) is 3. The lowest BCUT2D eigenvalue weighted by molar-refractivity contribution is 0.393. The van der Waals surface area contributed by atoms with E-state index in [9.17, 15) is 8.42 Å². The summed E-state index contributed by atoms with van der Waals surface area (Å²) in [5.41, 5.74) is 6.58. The fourth-order valence-corrected chi connectivity index (χ4v) is 4.08. The Morgan fingerprint density at radius 1 is 1.47 bits per heavy atom. The molecule has 2 rings (SSSR count). The van der Waals surface area contributed by atoms with Crippen molar-refractivity contribution in [2.24, 2.45) is 5.73 Å². The van der Waals surface area contributed by atoms with E-state index in [0.29, 0.717) is 18.0 Å². The van der Waals surface area contributed by atoms with E-state index in [1.807, 2.05) is 13.0 Å². The van der Waals surface area contributed by atoms with Gasteiger partial charge in [0.05, 0.1) is 4.90 Å². The van der Waals surface area contributed by atoms with Gasteiger partial charge in [0.2, 0.25) is 10.0 Å². The average Bonchev–Trinajstić information content (AvgIpc) is 2.77. The van der Waals surface area contributed by atoms with Crippen LogP contribution in [0.5, 0.6) is 0 Å². The Kier molecular flexibility index (Phi) is 3.51. The van der Waals surface area contributed by atoms with Crippen LogP contribution in [-0.2, 0) is 10.0 Å². The Bertz CT molecular complexity index is 499. The normalized spacial score (nSPS) is 21.9. The van der Waals surface area contributed by atoms with Gasteiger partial charge in [0.25, 0.3) is 0 Å². The summed E-state index contributed by atoms with van der Waals surface area (Å²) in [5.74, 6) is 0. The smallest absolute Gasteiger partial charge is 0.243 e. The Morgan fingerprint density at radius 3 is 2.88 bits per heavy atom. The van der Waals surface area contributed by atoms with Gasteiger partial charge in [0.15, 0.2) is 0 Å². The van der Waals surface area contributed by atoms with Gasteiger partial charge in [0, 0.05) is 19.1 Å². The number of benzene rings is 1. The molecule has 0 amide bonds. The highest BCUT2D eigenvalue weighted by atomic mass is 32.2. The van der Waals surface area contributed by atoms with Crippen LogP contribution in [0.4, 0.5) is 0 Å². The summed E-state index contributed by atoms with van der Waals surface area (Å²) in [6.45, 7) is 2.87. The van der Waals surface area contributed by atoms with Gasteiger partial charge in [-0.1, -0.05) is 12.1 Å². The van der Waals surface area contributed by atoms with Crippen molar-refractivity contribution < 1.29 is 8.42 Å². The van der Waals surface area contributed by atoms with Crippen molar-refractivity contribution in [2.45, 2.75) is 30.7 Å². The third-order valence-electron chi connectivity index (χ3n) is 3.19. The zero-order valence-corrected chi connectivity index (χ0v) is 10.8. The van der Waals surface area contributed by atoms with Crippen molar-refractivity contribution in [3.63, 3.8) is 0 Å². The standard InChI is InChI=1S/C12H18N2O2S/c1-10-4-2-6-12(8-10)17(15,16)14-7-3-5-11(14)9-13/h2,4,6,8,11H,3,5,7,9,13H2,1H3/t11-/m0/s1. The summed E-state index contributed by atoms with van der Waals surface area (Å²) in [6, 6.07) is 6.98. The van der Waals surface area contributed by atoms with E-state index in [0.717, 1.165) is 18.4 Å². The van der Waals surface area contributed by atoms with Gasteiger partial charge in [-0.05, 0) is 37.5 Å². The van der Waals surface area contributed by atoms with Crippen LogP contribution in [0.2, 0.25) is 0 Å². The molecule has 1 aromatic carbocycles. The minimum atomic E-state index is -3.37. The predicted molar refractivity (Wildman–Crippen MR) is 67.1 cm³/mol. The lowest BCUT2D eigenvalue weighted by Crippen LogP contribution is -2.39. The van der Waals surface area contributed by atoms with Crippen LogP contribution in [0.1, 0.15) is 18.4 Å². The summed E-state index contributed by atoms with van der Waals surface area (Å²) in [4.78, 5) is 0.373. The molecule has 0 spiro atoms. The van der Waals surface area contributed by atoms with E-state index in [4.69, 9.17) is 5.73 Å². The zero-order chi connectivity index (χ0) is 12.5. The van der Waals surface area contributed by atoms with Gasteiger partial charge < -0.3 is 5.73 Å². The molecule has 1 saturated heterocycles. The van der Waals surface area contributed by atoms with Crippen LogP contribution < -0.4 is 5.73 Å². The van der Waals surface area contributed by atoms with Crippen LogP contribution in [0.25, 0.3) is 0 Å². The fourth-order valence-electron chi connectivity index (χ4n) is 2.27. The molecule has 1 atom stereocenters. The molecule has 1 heterocycles. The number of hydrogen-bond donors (Lipinski definition) is 1. The minimum Gasteiger partial charge on any atom is -0.329 e. The number of rotatable bonds is 3. The molecule has 1 aliphatic rings. The predicted octanol–water partition coefficient (Wildman–Crippen LogP) is 1.11. The average molecular weight is 254 g/mol. The van der Waals surface area contributed by atoms with Gasteiger partial charge in [-0.3, -0.25) is 0 Å². The molecular formula is C12H18N2O2S. The van der Waals surface area contributed by atoms with Gasteiger partial charge in [-0.2, -0.15) is 4.31 Å². The van der Waals surface area contributed by atoms with Crippen LogP contribution in [0.15, 0.2) is 29.2 Å². The maximum absolute atomic E-state index is 12.4. The lowest BCUT2D eigenvalue weighted by Gasteiger charge is -2.22. The van der Waals surface area contributed by atoms with Gasteiger partial charge in [-0.25, -0.2) is 8.42 Å². The number of aryl methyl sites for hydroxylation is 1. The third-order valence-corrected chi connectivity index (χ3v) is 5.14. The number of sulfonamides is 1. The van der Waals surface area contributed by atoms with Crippen LogP contribution in [0.3, 0.4) is 0 Å². The van der Waals surface area contributed by atoms with Crippen LogP contribution >= 0.6 is 0 Å². The Balaban J connectivity index is 2.36. The molecule has 1 fully saturated rings. The molecule has 17 heavy (non-hydrogen) atoms. The Labute approximate surface area is 102 Å². The molecule has 1 aromatic rings. The summed E-state index contributed by atoms with van der Waals surface area (Å²) in [7, 11) is -3.37. The third kappa shape index (κ3) is 2.36. The van der Waals surface area contributed by atoms with E-state index in [1.165, 1.54) is 0 Å². The molecule has 0 bridgehead atoms. The van der Waals surface area contributed by atoms with Gasteiger partial charge >= 0.3 is 0 Å². The topological polar surface area (TPSA) is 63.4 Å². The highest BCUT2D eigenvalue weighted by Gasteiger charge is 2.34. The molecule has 4 nitrogen and oxygen atoms in total. The first-order valence-electron chi connectivity index (χ1n) is 5.84. The molecule has 5 heteroatoms. The molecule has 1 aliphatic heterocycles. The first-order valence-corrected chi connectivity index (χ1v) is 7.28. The largest absolute Gasteiger partial charge is 0.329 e. The first-order chi connectivity index (χ1) is 8.05. The van der Waals surface area contributed by atoms with Crippen molar-refractivity contribution in [3.05, 3.63) is 29.8 Å². The number of nitrogens with two attached hydrogens (primary N) is 1. The minimum absolute atomic E-state index is 0.0412. The monoisotopic (exact) mass is 254 g/mol. The van der Waals surface area contributed by atoms with Crippen molar-refractivity contribution in [2.75, 3.05) is 13.1 Å². The SMILES string of the molecule is Cc1cccc(S(=O)(=O)N2CCC[C@H]2CN)c1. The second-order valence-corrected chi connectivity index (χ2v) is 6.35. The van der Waals surface area contributed by atoms with E-state index in [2.05, 4.69) is 0 Å². The molecule has 0 radical (unpaired) electrons. The second kappa shape index (κ2) is 4.76. The van der Waals surface area contributed by atoms with Crippen molar-refractivity contribution in [1.82, 2.24) is 4.31 Å². The summed E-state index contributed by atoms with van der Waals surface area (Å²) >= 11 is 0.